The smallest absolute Gasteiger partial charge is 0.245 e. The number of hydrogen-bond acceptors (Lipinski definition) is 8. The average Bonchev–Trinajstić information content (AvgIpc) is 3.30. The summed E-state index contributed by atoms with van der Waals surface area (Å²) in [6.07, 6.45) is 2.19. The zero-order valence-corrected chi connectivity index (χ0v) is 19.4. The third kappa shape index (κ3) is 2.43. The number of piperazine rings is 1. The molecule has 9 heteroatoms. The first-order chi connectivity index (χ1) is 16.3. The Morgan fingerprint density at radius 2 is 1.88 bits per heavy atom. The first-order valence-corrected chi connectivity index (χ1v) is 11.2. The number of aliphatic hydroxyl groups excluding tert-OH is 1. The number of ether oxygens (including phenoxy) is 3. The summed E-state index contributed by atoms with van der Waals surface area (Å²) in [6, 6.07) is 0.249. The van der Waals surface area contributed by atoms with Crippen molar-refractivity contribution in [2.45, 2.75) is 38.4 Å². The Morgan fingerprint density at radius 1 is 1.15 bits per heavy atom. The molecule has 3 N–H and O–H groups in total. The minimum absolute atomic E-state index is 0.00309. The number of likely N-dealkylation sites (N-methyl/N-ethyl adjacent to an activating group) is 1. The summed E-state index contributed by atoms with van der Waals surface area (Å²) >= 11 is 0. The highest BCUT2D eigenvalue weighted by Crippen LogP contribution is 2.57. The van der Waals surface area contributed by atoms with Crippen LogP contribution >= 0.6 is 0 Å². The van der Waals surface area contributed by atoms with Crippen LogP contribution in [-0.2, 0) is 11.2 Å². The minimum Gasteiger partial charge on any atom is -0.507 e. The lowest BCUT2D eigenvalue weighted by molar-refractivity contribution is -0.144. The fourth-order valence-electron chi connectivity index (χ4n) is 6.10. The van der Waals surface area contributed by atoms with E-state index in [0.717, 1.165) is 11.1 Å². The SMILES string of the molecule is COc1c(C)cc2c(c1O)[C@@H]1C3=Cc4c(O)c(C)c5c(c4[C@H](CO)N3C(=O)[C@H](C2)N1C)OCO5. The predicted molar refractivity (Wildman–Crippen MR) is 121 cm³/mol. The molecule has 0 aliphatic carbocycles. The van der Waals surface area contributed by atoms with Gasteiger partial charge in [-0.25, -0.2) is 0 Å². The van der Waals surface area contributed by atoms with Crippen molar-refractivity contribution in [1.82, 2.24) is 9.80 Å². The summed E-state index contributed by atoms with van der Waals surface area (Å²) in [7, 11) is 3.37. The van der Waals surface area contributed by atoms with Crippen molar-refractivity contribution in [2.75, 3.05) is 27.6 Å². The maximum Gasteiger partial charge on any atom is 0.245 e. The standard InChI is InChI=1S/C25H26N2O7/c1-10-5-12-6-15-25(31)27-14(19(26(15)3)17(12)21(30)22(10)32-4)7-13-18(16(27)8-28)24-23(33-9-34-24)11(2)20(13)29/h5,7,15-16,19,28-30H,6,8-9H2,1-4H3/t15-,16-,19-/m0/s1. The monoisotopic (exact) mass is 466 g/mol. The molecule has 2 aromatic carbocycles. The second-order valence-electron chi connectivity index (χ2n) is 9.28. The molecule has 34 heavy (non-hydrogen) atoms. The largest absolute Gasteiger partial charge is 0.507 e. The van der Waals surface area contributed by atoms with E-state index in [1.807, 2.05) is 24.9 Å². The van der Waals surface area contributed by atoms with E-state index in [0.29, 0.717) is 51.6 Å². The van der Waals surface area contributed by atoms with Gasteiger partial charge in [0, 0.05) is 28.0 Å². The first-order valence-electron chi connectivity index (χ1n) is 11.2. The van der Waals surface area contributed by atoms with Crippen LogP contribution in [-0.4, -0.2) is 64.6 Å². The number of carbonyl (C=O) groups excluding carboxylic acids is 1. The van der Waals surface area contributed by atoms with Gasteiger partial charge in [-0.05, 0) is 44.5 Å². The summed E-state index contributed by atoms with van der Waals surface area (Å²) in [5.74, 6) is 1.17. The van der Waals surface area contributed by atoms with E-state index >= 15 is 0 Å². The molecular weight excluding hydrogens is 440 g/mol. The molecule has 178 valence electrons. The van der Waals surface area contributed by atoms with Crippen LogP contribution in [0.1, 0.15) is 45.5 Å². The van der Waals surface area contributed by atoms with E-state index in [9.17, 15) is 20.1 Å². The Hall–Kier alpha value is -3.43. The molecule has 9 nitrogen and oxygen atoms in total. The number of aryl methyl sites for hydroxylation is 1. The normalized spacial score (nSPS) is 24.4. The Balaban J connectivity index is 1.66. The molecule has 6 rings (SSSR count). The lowest BCUT2D eigenvalue weighted by Crippen LogP contribution is -2.60. The van der Waals surface area contributed by atoms with Crippen molar-refractivity contribution >= 4 is 12.0 Å². The van der Waals surface area contributed by atoms with Crippen LogP contribution in [0.4, 0.5) is 0 Å². The Morgan fingerprint density at radius 3 is 2.59 bits per heavy atom. The van der Waals surface area contributed by atoms with E-state index in [-0.39, 0.29) is 30.8 Å². The highest BCUT2D eigenvalue weighted by molar-refractivity contribution is 5.91. The number of rotatable bonds is 2. The minimum atomic E-state index is -0.765. The van der Waals surface area contributed by atoms with Crippen molar-refractivity contribution in [3.8, 4) is 28.7 Å². The second kappa shape index (κ2) is 7.04. The third-order valence-corrected chi connectivity index (χ3v) is 7.64. The molecule has 2 bridgehead atoms. The number of hydrogen-bond donors (Lipinski definition) is 3. The van der Waals surface area contributed by atoms with Crippen LogP contribution in [0, 0.1) is 13.8 Å². The fourth-order valence-corrected chi connectivity index (χ4v) is 6.10. The van der Waals surface area contributed by atoms with Gasteiger partial charge in [-0.3, -0.25) is 9.69 Å². The van der Waals surface area contributed by atoms with Gasteiger partial charge in [0.25, 0.3) is 0 Å². The van der Waals surface area contributed by atoms with Gasteiger partial charge >= 0.3 is 0 Å². The molecule has 0 unspecified atom stereocenters. The maximum atomic E-state index is 13.8. The number of aromatic hydroxyl groups is 2. The molecule has 1 saturated heterocycles. The zero-order valence-electron chi connectivity index (χ0n) is 19.4. The van der Waals surface area contributed by atoms with Gasteiger partial charge in [-0.2, -0.15) is 0 Å². The van der Waals surface area contributed by atoms with Gasteiger partial charge in [0.05, 0.1) is 31.8 Å². The van der Waals surface area contributed by atoms with Crippen molar-refractivity contribution in [3.05, 3.63) is 45.1 Å². The number of fused-ring (bicyclic) bond motifs is 9. The molecule has 0 spiro atoms. The van der Waals surface area contributed by atoms with Crippen LogP contribution in [0.25, 0.3) is 6.08 Å². The number of aliphatic hydroxyl groups is 1. The Labute approximate surface area is 196 Å². The molecule has 4 aliphatic rings. The highest BCUT2D eigenvalue weighted by Gasteiger charge is 2.52. The topological polar surface area (TPSA) is 112 Å². The van der Waals surface area contributed by atoms with Crippen molar-refractivity contribution < 1.29 is 34.3 Å². The number of nitrogens with zero attached hydrogens (tertiary/aromatic N) is 2. The van der Waals surface area contributed by atoms with E-state index in [1.165, 1.54) is 7.11 Å². The number of phenols is 2. The summed E-state index contributed by atoms with van der Waals surface area (Å²) in [5, 5.41) is 32.8. The molecular formula is C25H26N2O7. The lowest BCUT2D eigenvalue weighted by Gasteiger charge is -2.53. The van der Waals surface area contributed by atoms with Gasteiger partial charge < -0.3 is 34.4 Å². The summed E-state index contributed by atoms with van der Waals surface area (Å²) < 4.78 is 16.8. The molecule has 4 aliphatic heterocycles. The van der Waals surface area contributed by atoms with E-state index in [1.54, 1.807) is 17.9 Å². The third-order valence-electron chi connectivity index (χ3n) is 7.64. The van der Waals surface area contributed by atoms with E-state index < -0.39 is 18.1 Å². The summed E-state index contributed by atoms with van der Waals surface area (Å²) in [6.45, 7) is 3.24. The van der Waals surface area contributed by atoms with Gasteiger partial charge in [0.15, 0.2) is 23.0 Å². The summed E-state index contributed by atoms with van der Waals surface area (Å²) in [4.78, 5) is 17.4. The number of carbonyl (C=O) groups is 1. The van der Waals surface area contributed by atoms with E-state index in [2.05, 4.69) is 0 Å². The number of methoxy groups -OCH3 is 1. The average molecular weight is 466 g/mol. The van der Waals surface area contributed by atoms with Crippen LogP contribution in [0.2, 0.25) is 0 Å². The molecule has 1 fully saturated rings. The van der Waals surface area contributed by atoms with Gasteiger partial charge in [0.2, 0.25) is 12.7 Å². The van der Waals surface area contributed by atoms with Crippen LogP contribution in [0.5, 0.6) is 28.7 Å². The Bertz CT molecular complexity index is 1300. The maximum absolute atomic E-state index is 13.8. The molecule has 4 heterocycles. The molecule has 0 aromatic heterocycles. The van der Waals surface area contributed by atoms with Crippen LogP contribution in [0.15, 0.2) is 11.8 Å². The number of phenolic OH excluding ortho intramolecular Hbond substituents is 2. The van der Waals surface area contributed by atoms with Gasteiger partial charge in [-0.15, -0.1) is 0 Å². The molecule has 2 aromatic rings. The Kier molecular flexibility index (Phi) is 4.37. The van der Waals surface area contributed by atoms with E-state index in [4.69, 9.17) is 14.2 Å². The lowest BCUT2D eigenvalue weighted by atomic mass is 9.78. The van der Waals surface area contributed by atoms with Crippen molar-refractivity contribution in [2.24, 2.45) is 0 Å². The molecule has 0 radical (unpaired) electrons. The fraction of sp³-hybridized carbons (Fsp3) is 0.400. The van der Waals surface area contributed by atoms with Crippen molar-refractivity contribution in [3.63, 3.8) is 0 Å². The predicted octanol–water partition coefficient (Wildman–Crippen LogP) is 2.28. The van der Waals surface area contributed by atoms with Gasteiger partial charge in [-0.1, -0.05) is 6.07 Å². The first kappa shape index (κ1) is 21.1. The van der Waals surface area contributed by atoms with Crippen LogP contribution in [0.3, 0.4) is 0 Å². The quantitative estimate of drug-likeness (QED) is 0.618. The molecule has 1 amide bonds. The molecule has 3 atom stereocenters. The second-order valence-corrected chi connectivity index (χ2v) is 9.28. The highest BCUT2D eigenvalue weighted by atomic mass is 16.7. The number of benzene rings is 2. The van der Waals surface area contributed by atoms with Gasteiger partial charge in [0.1, 0.15) is 5.75 Å². The summed E-state index contributed by atoms with van der Waals surface area (Å²) in [5.41, 5.74) is 4.47. The van der Waals surface area contributed by atoms with Crippen molar-refractivity contribution in [1.29, 1.82) is 0 Å². The molecule has 0 saturated carbocycles. The number of amides is 1. The zero-order chi connectivity index (χ0) is 24.0. The van der Waals surface area contributed by atoms with Crippen LogP contribution < -0.4 is 14.2 Å².